The van der Waals surface area contributed by atoms with E-state index in [9.17, 15) is 4.79 Å². The van der Waals surface area contributed by atoms with Crippen LogP contribution in [-0.2, 0) is 4.79 Å². The molecule has 5 nitrogen and oxygen atoms in total. The van der Waals surface area contributed by atoms with Crippen LogP contribution in [0, 0.1) is 0 Å². The van der Waals surface area contributed by atoms with Gasteiger partial charge in [0.1, 0.15) is 0 Å². The third kappa shape index (κ3) is 4.25. The lowest BCUT2D eigenvalue weighted by atomic mass is 10.2. The molecule has 0 unspecified atom stereocenters. The van der Waals surface area contributed by atoms with Crippen molar-refractivity contribution in [1.82, 2.24) is 10.9 Å². The molecular formula is C5H12N2O3. The van der Waals surface area contributed by atoms with Gasteiger partial charge in [-0.2, -0.15) is 0 Å². The number of aliphatic hydroxyl groups is 2. The molecule has 0 fully saturated rings. The van der Waals surface area contributed by atoms with E-state index >= 15 is 0 Å². The summed E-state index contributed by atoms with van der Waals surface area (Å²) in [6.07, 6.45) is -1.05. The van der Waals surface area contributed by atoms with Crippen LogP contribution in [0.3, 0.4) is 0 Å². The van der Waals surface area contributed by atoms with Gasteiger partial charge in [0, 0.05) is 7.05 Å². The smallest absolute Gasteiger partial charge is 0.236 e. The third-order valence-electron chi connectivity index (χ3n) is 0.896. The van der Waals surface area contributed by atoms with Crippen molar-refractivity contribution in [2.24, 2.45) is 0 Å². The second kappa shape index (κ2) is 5.16. The van der Waals surface area contributed by atoms with Gasteiger partial charge < -0.3 is 10.2 Å². The maximum absolute atomic E-state index is 10.6. The molecule has 0 aromatic heterocycles. The fraction of sp³-hybridized carbons (Fsp3) is 0.800. The van der Waals surface area contributed by atoms with E-state index in [1.54, 1.807) is 7.05 Å². The van der Waals surface area contributed by atoms with Crippen molar-refractivity contribution >= 4 is 5.91 Å². The zero-order valence-electron chi connectivity index (χ0n) is 5.79. The molecule has 0 saturated carbocycles. The average Bonchev–Trinajstić information content (AvgIpc) is 1.88. The topological polar surface area (TPSA) is 81.6 Å². The first-order chi connectivity index (χ1) is 4.70. The molecule has 0 saturated heterocycles. The number of amides is 1. The van der Waals surface area contributed by atoms with Crippen LogP contribution in [-0.4, -0.2) is 35.9 Å². The van der Waals surface area contributed by atoms with Crippen molar-refractivity contribution in [3.05, 3.63) is 0 Å². The minimum absolute atomic E-state index is 0.0860. The Labute approximate surface area is 59.0 Å². The summed E-state index contributed by atoms with van der Waals surface area (Å²) in [6, 6.07) is 0. The molecule has 0 radical (unpaired) electrons. The molecule has 0 aromatic carbocycles. The molecule has 0 aliphatic heterocycles. The van der Waals surface area contributed by atoms with Crippen LogP contribution in [0.15, 0.2) is 0 Å². The molecule has 0 spiro atoms. The van der Waals surface area contributed by atoms with Gasteiger partial charge in [-0.25, -0.2) is 5.43 Å². The van der Waals surface area contributed by atoms with Gasteiger partial charge >= 0.3 is 0 Å². The quantitative estimate of drug-likeness (QED) is 0.347. The lowest BCUT2D eigenvalue weighted by molar-refractivity contribution is -0.124. The van der Waals surface area contributed by atoms with Gasteiger partial charge in [0.15, 0.2) is 0 Å². The Bertz CT molecular complexity index is 107. The van der Waals surface area contributed by atoms with Gasteiger partial charge in [-0.3, -0.25) is 10.2 Å². The number of rotatable bonds is 4. The van der Waals surface area contributed by atoms with Crippen molar-refractivity contribution in [2.45, 2.75) is 12.5 Å². The highest BCUT2D eigenvalue weighted by Gasteiger charge is 2.07. The van der Waals surface area contributed by atoms with Gasteiger partial charge in [-0.15, -0.1) is 0 Å². The standard InChI is InChI=1S/C5H12N2O3/c1-6-7-5(10)2-4(9)3-8/h4,6,8-9H,2-3H2,1H3,(H,7,10)/t4-/m0/s1. The van der Waals surface area contributed by atoms with E-state index < -0.39 is 12.7 Å². The molecule has 60 valence electrons. The third-order valence-corrected chi connectivity index (χ3v) is 0.896. The number of hydrazine groups is 1. The fourth-order valence-electron chi connectivity index (χ4n) is 0.469. The Morgan fingerprint density at radius 1 is 1.70 bits per heavy atom. The number of hydrogen-bond donors (Lipinski definition) is 4. The van der Waals surface area contributed by atoms with Crippen LogP contribution < -0.4 is 10.9 Å². The van der Waals surface area contributed by atoms with Gasteiger partial charge in [0.05, 0.1) is 19.1 Å². The maximum Gasteiger partial charge on any atom is 0.236 e. The zero-order chi connectivity index (χ0) is 7.98. The Hall–Kier alpha value is -0.650. The first kappa shape index (κ1) is 9.35. The largest absolute Gasteiger partial charge is 0.394 e. The summed E-state index contributed by atoms with van der Waals surface area (Å²) in [4.78, 5) is 10.6. The molecule has 0 heterocycles. The van der Waals surface area contributed by atoms with E-state index in [1.807, 2.05) is 0 Å². The second-order valence-corrected chi connectivity index (χ2v) is 1.84. The van der Waals surface area contributed by atoms with Crippen molar-refractivity contribution in [3.63, 3.8) is 0 Å². The van der Waals surface area contributed by atoms with Crippen molar-refractivity contribution in [3.8, 4) is 0 Å². The predicted molar refractivity (Wildman–Crippen MR) is 34.9 cm³/mol. The minimum Gasteiger partial charge on any atom is -0.394 e. The van der Waals surface area contributed by atoms with Gasteiger partial charge in [-0.1, -0.05) is 0 Å². The van der Waals surface area contributed by atoms with Crippen LogP contribution in [0.25, 0.3) is 0 Å². The summed E-state index contributed by atoms with van der Waals surface area (Å²) in [5.74, 6) is -0.343. The first-order valence-electron chi connectivity index (χ1n) is 2.95. The van der Waals surface area contributed by atoms with E-state index in [0.29, 0.717) is 0 Å². The molecule has 4 N–H and O–H groups in total. The Balaban J connectivity index is 3.37. The summed E-state index contributed by atoms with van der Waals surface area (Å²) < 4.78 is 0. The number of aliphatic hydroxyl groups excluding tert-OH is 2. The lowest BCUT2D eigenvalue weighted by Crippen LogP contribution is -2.36. The van der Waals surface area contributed by atoms with Crippen LogP contribution in [0.5, 0.6) is 0 Å². The summed E-state index contributed by atoms with van der Waals surface area (Å²) in [6.45, 7) is -0.392. The second-order valence-electron chi connectivity index (χ2n) is 1.84. The maximum atomic E-state index is 10.6. The van der Waals surface area contributed by atoms with Crippen molar-refractivity contribution in [2.75, 3.05) is 13.7 Å². The SMILES string of the molecule is CNNC(=O)C[C@H](O)CO. The molecular weight excluding hydrogens is 136 g/mol. The number of carbonyl (C=O) groups excluding carboxylic acids is 1. The Morgan fingerprint density at radius 2 is 2.30 bits per heavy atom. The Morgan fingerprint density at radius 3 is 2.70 bits per heavy atom. The van der Waals surface area contributed by atoms with E-state index in [2.05, 4.69) is 10.9 Å². The van der Waals surface area contributed by atoms with Crippen LogP contribution in [0.1, 0.15) is 6.42 Å². The Kier molecular flexibility index (Phi) is 4.82. The summed E-state index contributed by atoms with van der Waals surface area (Å²) in [5.41, 5.74) is 4.66. The monoisotopic (exact) mass is 148 g/mol. The van der Waals surface area contributed by atoms with Crippen LogP contribution in [0.2, 0.25) is 0 Å². The molecule has 0 bridgehead atoms. The number of carbonyl (C=O) groups is 1. The molecule has 0 aliphatic rings. The zero-order valence-corrected chi connectivity index (χ0v) is 5.79. The van der Waals surface area contributed by atoms with Gasteiger partial charge in [0.2, 0.25) is 5.91 Å². The highest BCUT2D eigenvalue weighted by atomic mass is 16.3. The van der Waals surface area contributed by atoms with Crippen molar-refractivity contribution < 1.29 is 15.0 Å². The number of nitrogens with one attached hydrogen (secondary N) is 2. The van der Waals surface area contributed by atoms with E-state index in [4.69, 9.17) is 10.2 Å². The number of hydrogen-bond acceptors (Lipinski definition) is 4. The molecule has 0 rings (SSSR count). The minimum atomic E-state index is -0.964. The fourth-order valence-corrected chi connectivity index (χ4v) is 0.469. The lowest BCUT2D eigenvalue weighted by Gasteiger charge is -2.05. The molecule has 1 atom stereocenters. The summed E-state index contributed by atoms with van der Waals surface area (Å²) in [7, 11) is 1.54. The average molecular weight is 148 g/mol. The highest BCUT2D eigenvalue weighted by Crippen LogP contribution is 1.87. The molecule has 1 amide bonds. The van der Waals surface area contributed by atoms with E-state index in [0.717, 1.165) is 0 Å². The highest BCUT2D eigenvalue weighted by molar-refractivity contribution is 5.75. The van der Waals surface area contributed by atoms with Crippen molar-refractivity contribution in [1.29, 1.82) is 0 Å². The van der Waals surface area contributed by atoms with Gasteiger partial charge in [-0.05, 0) is 0 Å². The predicted octanol–water partition coefficient (Wildman–Crippen LogP) is -2.02. The van der Waals surface area contributed by atoms with E-state index in [-0.39, 0.29) is 12.3 Å². The van der Waals surface area contributed by atoms with Crippen LogP contribution >= 0.6 is 0 Å². The van der Waals surface area contributed by atoms with E-state index in [1.165, 1.54) is 0 Å². The van der Waals surface area contributed by atoms with Gasteiger partial charge in [0.25, 0.3) is 0 Å². The van der Waals surface area contributed by atoms with Crippen LogP contribution in [0.4, 0.5) is 0 Å². The summed E-state index contributed by atoms with van der Waals surface area (Å²) in [5, 5.41) is 17.0. The summed E-state index contributed by atoms with van der Waals surface area (Å²) >= 11 is 0. The first-order valence-corrected chi connectivity index (χ1v) is 2.95. The molecule has 5 heteroatoms. The normalized spacial score (nSPS) is 12.7. The molecule has 0 aromatic rings. The molecule has 10 heavy (non-hydrogen) atoms. The molecule has 0 aliphatic carbocycles.